The molecule has 0 bridgehead atoms. The molecule has 0 fully saturated rings. The minimum atomic E-state index is -0.147. The van der Waals surface area contributed by atoms with Gasteiger partial charge in [-0.2, -0.15) is 0 Å². The summed E-state index contributed by atoms with van der Waals surface area (Å²) in [5.74, 6) is -0.147. The summed E-state index contributed by atoms with van der Waals surface area (Å²) in [6, 6.07) is 9.30. The van der Waals surface area contributed by atoms with E-state index >= 15 is 0 Å². The molecule has 0 unspecified atom stereocenters. The molecule has 0 spiro atoms. The number of benzene rings is 2. The Kier molecular flexibility index (Phi) is 2.18. The molecular weight excluding hydrogens is 201 g/mol. The van der Waals surface area contributed by atoms with Crippen molar-refractivity contribution in [1.29, 1.82) is 0 Å². The van der Waals surface area contributed by atoms with E-state index in [1.807, 2.05) is 24.3 Å². The van der Waals surface area contributed by atoms with E-state index in [0.717, 1.165) is 35.6 Å². The fourth-order valence-electron chi connectivity index (χ4n) is 2.68. The fraction of sp³-hybridized carbons (Fsp3) is 0.286. The van der Waals surface area contributed by atoms with Crippen LogP contribution in [0.1, 0.15) is 30.0 Å². The van der Waals surface area contributed by atoms with Crippen molar-refractivity contribution >= 4 is 10.8 Å². The van der Waals surface area contributed by atoms with Crippen molar-refractivity contribution in [3.8, 4) is 0 Å². The summed E-state index contributed by atoms with van der Waals surface area (Å²) in [4.78, 5) is 0. The molecule has 0 aromatic heterocycles. The number of hydrogen-bond acceptors (Lipinski definition) is 1. The van der Waals surface area contributed by atoms with Gasteiger partial charge in [-0.1, -0.05) is 24.3 Å². The summed E-state index contributed by atoms with van der Waals surface area (Å²) < 4.78 is 13.9. The van der Waals surface area contributed by atoms with Crippen LogP contribution >= 0.6 is 0 Å². The number of fused-ring (bicyclic) bond motifs is 3. The fourth-order valence-corrected chi connectivity index (χ4v) is 2.68. The monoisotopic (exact) mass is 215 g/mol. The van der Waals surface area contributed by atoms with Gasteiger partial charge in [0.2, 0.25) is 0 Å². The lowest BCUT2D eigenvalue weighted by atomic mass is 9.85. The maximum Gasteiger partial charge on any atom is 0.131 e. The largest absolute Gasteiger partial charge is 0.324 e. The van der Waals surface area contributed by atoms with Gasteiger partial charge in [0.25, 0.3) is 0 Å². The van der Waals surface area contributed by atoms with Gasteiger partial charge in [-0.3, -0.25) is 0 Å². The summed E-state index contributed by atoms with van der Waals surface area (Å²) in [6.07, 6.45) is 3.08. The Labute approximate surface area is 94.1 Å². The highest BCUT2D eigenvalue weighted by Crippen LogP contribution is 2.34. The van der Waals surface area contributed by atoms with Gasteiger partial charge in [-0.25, -0.2) is 4.39 Å². The Morgan fingerprint density at radius 3 is 2.75 bits per heavy atom. The van der Waals surface area contributed by atoms with Crippen molar-refractivity contribution < 1.29 is 4.39 Å². The van der Waals surface area contributed by atoms with Crippen molar-refractivity contribution in [2.75, 3.05) is 0 Å². The maximum atomic E-state index is 13.9. The van der Waals surface area contributed by atoms with E-state index in [1.165, 1.54) is 5.56 Å². The van der Waals surface area contributed by atoms with E-state index in [9.17, 15) is 4.39 Å². The van der Waals surface area contributed by atoms with Crippen LogP contribution in [-0.4, -0.2) is 0 Å². The lowest BCUT2D eigenvalue weighted by Gasteiger charge is -2.24. The van der Waals surface area contributed by atoms with Crippen molar-refractivity contribution in [3.05, 3.63) is 47.3 Å². The summed E-state index contributed by atoms with van der Waals surface area (Å²) in [6.45, 7) is 0. The van der Waals surface area contributed by atoms with Crippen LogP contribution in [0.3, 0.4) is 0 Å². The number of rotatable bonds is 0. The number of halogens is 1. The van der Waals surface area contributed by atoms with Crippen LogP contribution in [-0.2, 0) is 6.42 Å². The highest BCUT2D eigenvalue weighted by Gasteiger charge is 2.20. The first-order chi connectivity index (χ1) is 7.77. The van der Waals surface area contributed by atoms with Gasteiger partial charge in [0.05, 0.1) is 0 Å². The zero-order chi connectivity index (χ0) is 11.1. The molecule has 1 aliphatic carbocycles. The highest BCUT2D eigenvalue weighted by molar-refractivity contribution is 5.87. The summed E-state index contributed by atoms with van der Waals surface area (Å²) >= 11 is 0. The molecule has 2 aromatic rings. The molecule has 2 heteroatoms. The summed E-state index contributed by atoms with van der Waals surface area (Å²) in [5, 5.41) is 1.75. The Bertz CT molecular complexity index is 548. The summed E-state index contributed by atoms with van der Waals surface area (Å²) in [5.41, 5.74) is 8.29. The van der Waals surface area contributed by atoms with Crippen LogP contribution in [0.4, 0.5) is 4.39 Å². The quantitative estimate of drug-likeness (QED) is 0.716. The zero-order valence-electron chi connectivity index (χ0n) is 9.04. The second kappa shape index (κ2) is 3.56. The zero-order valence-corrected chi connectivity index (χ0v) is 9.04. The van der Waals surface area contributed by atoms with E-state index in [0.29, 0.717) is 0 Å². The normalized spacial score (nSPS) is 19.8. The van der Waals surface area contributed by atoms with E-state index < -0.39 is 0 Å². The van der Waals surface area contributed by atoms with Crippen molar-refractivity contribution in [3.63, 3.8) is 0 Å². The molecule has 1 nitrogen and oxygen atoms in total. The SMILES string of the molecule is N[C@H]1CCCc2c1cc(F)c1ccccc21. The average molecular weight is 215 g/mol. The third-order valence-corrected chi connectivity index (χ3v) is 3.48. The second-order valence-electron chi connectivity index (χ2n) is 4.47. The highest BCUT2D eigenvalue weighted by atomic mass is 19.1. The van der Waals surface area contributed by atoms with Crippen LogP contribution in [0.25, 0.3) is 10.8 Å². The maximum absolute atomic E-state index is 13.9. The van der Waals surface area contributed by atoms with Crippen LogP contribution < -0.4 is 5.73 Å². The van der Waals surface area contributed by atoms with Crippen LogP contribution in [0.5, 0.6) is 0 Å². The van der Waals surface area contributed by atoms with Gasteiger partial charge in [0, 0.05) is 11.4 Å². The molecule has 0 saturated heterocycles. The first-order valence-corrected chi connectivity index (χ1v) is 5.73. The summed E-state index contributed by atoms with van der Waals surface area (Å²) in [7, 11) is 0. The Balaban J connectivity index is 2.38. The molecule has 1 atom stereocenters. The Morgan fingerprint density at radius 2 is 1.94 bits per heavy atom. The number of aryl methyl sites for hydroxylation is 1. The van der Waals surface area contributed by atoms with Crippen molar-refractivity contribution in [2.45, 2.75) is 25.3 Å². The van der Waals surface area contributed by atoms with Gasteiger partial charge in [0.15, 0.2) is 0 Å². The van der Waals surface area contributed by atoms with Gasteiger partial charge < -0.3 is 5.73 Å². The van der Waals surface area contributed by atoms with E-state index in [1.54, 1.807) is 6.07 Å². The molecule has 0 saturated carbocycles. The van der Waals surface area contributed by atoms with Crippen LogP contribution in [0.2, 0.25) is 0 Å². The van der Waals surface area contributed by atoms with Crippen molar-refractivity contribution in [1.82, 2.24) is 0 Å². The minimum absolute atomic E-state index is 0.00264. The third kappa shape index (κ3) is 1.34. The topological polar surface area (TPSA) is 26.0 Å². The Morgan fingerprint density at radius 1 is 1.19 bits per heavy atom. The predicted octanol–water partition coefficient (Wildman–Crippen LogP) is 3.32. The Hall–Kier alpha value is -1.41. The van der Waals surface area contributed by atoms with E-state index in [-0.39, 0.29) is 11.9 Å². The third-order valence-electron chi connectivity index (χ3n) is 3.48. The molecule has 82 valence electrons. The molecular formula is C14H14FN. The van der Waals surface area contributed by atoms with E-state index in [4.69, 9.17) is 5.73 Å². The molecule has 0 radical (unpaired) electrons. The van der Waals surface area contributed by atoms with Gasteiger partial charge in [-0.15, -0.1) is 0 Å². The first kappa shape index (κ1) is 9.79. The lowest BCUT2D eigenvalue weighted by molar-refractivity contribution is 0.563. The lowest BCUT2D eigenvalue weighted by Crippen LogP contribution is -2.18. The van der Waals surface area contributed by atoms with Crippen LogP contribution in [0.15, 0.2) is 30.3 Å². The van der Waals surface area contributed by atoms with Crippen LogP contribution in [0, 0.1) is 5.82 Å². The number of hydrogen-bond donors (Lipinski definition) is 1. The van der Waals surface area contributed by atoms with Crippen molar-refractivity contribution in [2.24, 2.45) is 5.73 Å². The molecule has 2 N–H and O–H groups in total. The minimum Gasteiger partial charge on any atom is -0.324 e. The second-order valence-corrected chi connectivity index (χ2v) is 4.47. The van der Waals surface area contributed by atoms with Gasteiger partial charge in [-0.05, 0) is 41.8 Å². The number of nitrogens with two attached hydrogens (primary N) is 1. The molecule has 0 heterocycles. The van der Waals surface area contributed by atoms with Gasteiger partial charge in [0.1, 0.15) is 5.82 Å². The molecule has 1 aliphatic rings. The smallest absolute Gasteiger partial charge is 0.131 e. The first-order valence-electron chi connectivity index (χ1n) is 5.73. The van der Waals surface area contributed by atoms with Gasteiger partial charge >= 0.3 is 0 Å². The molecule has 3 rings (SSSR count). The molecule has 0 aliphatic heterocycles. The molecule has 0 amide bonds. The molecule has 16 heavy (non-hydrogen) atoms. The molecule has 2 aromatic carbocycles. The standard InChI is InChI=1S/C14H14FN/c15-13-8-12-10(6-3-7-14(12)16)9-4-1-2-5-11(9)13/h1-2,4-5,8,14H,3,6-7,16H2/t14-/m0/s1. The average Bonchev–Trinajstić information content (AvgIpc) is 2.31. The van der Waals surface area contributed by atoms with E-state index in [2.05, 4.69) is 0 Å². The predicted molar refractivity (Wildman–Crippen MR) is 63.8 cm³/mol.